The average molecular weight is 362 g/mol. The Kier molecular flexibility index (Phi) is 5.66. The molecule has 0 bridgehead atoms. The third-order valence-corrected chi connectivity index (χ3v) is 4.36. The number of carbonyl (C=O) groups excluding carboxylic acids is 1. The van der Waals surface area contributed by atoms with Crippen molar-refractivity contribution in [3.63, 3.8) is 0 Å². The zero-order chi connectivity index (χ0) is 19.2. The lowest BCUT2D eigenvalue weighted by Gasteiger charge is -2.10. The first kappa shape index (κ1) is 18.4. The molecule has 1 heterocycles. The van der Waals surface area contributed by atoms with Gasteiger partial charge < -0.3 is 9.84 Å². The third-order valence-electron chi connectivity index (χ3n) is 4.36. The summed E-state index contributed by atoms with van der Waals surface area (Å²) in [4.78, 5) is 16.7. The van der Waals surface area contributed by atoms with Crippen LogP contribution in [0.15, 0.2) is 70.2 Å². The van der Waals surface area contributed by atoms with Crippen LogP contribution in [0, 0.1) is 0 Å². The van der Waals surface area contributed by atoms with E-state index in [1.54, 1.807) is 14.1 Å². The molecule has 0 radical (unpaired) electrons. The number of carbonyl (C=O) groups is 1. The molecule has 0 aliphatic rings. The summed E-state index contributed by atoms with van der Waals surface area (Å²) >= 11 is 0. The number of guanidine groups is 1. The average Bonchev–Trinajstić information content (AvgIpc) is 3.20. The standard InChI is InChI=1S/C21H22N4O2/c1-14(18-13-19(27-25-18)24-21(22-2)23-3)16-10-7-11-17(12-16)20(26)15-8-5-4-6-9-15/h4-14H,1-3H3,(H2,22,23,24). The lowest BCUT2D eigenvalue weighted by Crippen LogP contribution is -2.26. The number of hydrogen-bond donors (Lipinski definition) is 2. The highest BCUT2D eigenvalue weighted by atomic mass is 16.5. The second-order valence-corrected chi connectivity index (χ2v) is 6.11. The van der Waals surface area contributed by atoms with E-state index in [2.05, 4.69) is 20.8 Å². The first-order valence-electron chi connectivity index (χ1n) is 8.70. The SMILES string of the molecule is C/N=C(\NC)Nc1cc(C(C)c2cccc(C(=O)c3ccccc3)c2)no1. The number of benzene rings is 2. The molecule has 0 aliphatic carbocycles. The molecule has 6 heteroatoms. The number of aromatic nitrogens is 1. The Morgan fingerprint density at radius 3 is 2.52 bits per heavy atom. The van der Waals surface area contributed by atoms with Crippen molar-refractivity contribution in [2.45, 2.75) is 12.8 Å². The second kappa shape index (κ2) is 8.31. The van der Waals surface area contributed by atoms with Crippen molar-refractivity contribution in [3.8, 4) is 0 Å². The fourth-order valence-electron chi connectivity index (χ4n) is 2.77. The molecule has 1 unspecified atom stereocenters. The van der Waals surface area contributed by atoms with Crippen molar-refractivity contribution in [1.82, 2.24) is 10.5 Å². The summed E-state index contributed by atoms with van der Waals surface area (Å²) in [7, 11) is 3.44. The van der Waals surface area contributed by atoms with Crippen LogP contribution in [0.1, 0.15) is 40.0 Å². The Morgan fingerprint density at radius 1 is 1.07 bits per heavy atom. The fourth-order valence-corrected chi connectivity index (χ4v) is 2.77. The molecule has 0 aliphatic heterocycles. The van der Waals surface area contributed by atoms with Gasteiger partial charge in [-0.05, 0) is 11.6 Å². The molecular weight excluding hydrogens is 340 g/mol. The molecule has 3 aromatic rings. The molecule has 1 atom stereocenters. The zero-order valence-corrected chi connectivity index (χ0v) is 15.6. The Bertz CT molecular complexity index is 948. The minimum absolute atomic E-state index is 0.00461. The molecule has 0 fully saturated rings. The van der Waals surface area contributed by atoms with Gasteiger partial charge in [-0.3, -0.25) is 15.1 Å². The summed E-state index contributed by atoms with van der Waals surface area (Å²) in [6.45, 7) is 2.03. The largest absolute Gasteiger partial charge is 0.359 e. The molecule has 138 valence electrons. The van der Waals surface area contributed by atoms with Crippen LogP contribution in [-0.4, -0.2) is 31.0 Å². The monoisotopic (exact) mass is 362 g/mol. The van der Waals surface area contributed by atoms with E-state index < -0.39 is 0 Å². The predicted octanol–water partition coefficient (Wildman–Crippen LogP) is 3.67. The fraction of sp³-hybridized carbons (Fsp3) is 0.190. The van der Waals surface area contributed by atoms with E-state index in [9.17, 15) is 4.79 Å². The van der Waals surface area contributed by atoms with Gasteiger partial charge in [-0.25, -0.2) is 0 Å². The Hall–Kier alpha value is -3.41. The van der Waals surface area contributed by atoms with Crippen LogP contribution < -0.4 is 10.6 Å². The molecule has 27 heavy (non-hydrogen) atoms. The van der Waals surface area contributed by atoms with Crippen molar-refractivity contribution in [3.05, 3.63) is 83.0 Å². The summed E-state index contributed by atoms with van der Waals surface area (Å²) in [6, 6.07) is 18.7. The van der Waals surface area contributed by atoms with Gasteiger partial charge in [-0.2, -0.15) is 0 Å². The molecule has 1 aromatic heterocycles. The lowest BCUT2D eigenvalue weighted by molar-refractivity contribution is 0.103. The van der Waals surface area contributed by atoms with Gasteiger partial charge in [-0.15, -0.1) is 0 Å². The molecular formula is C21H22N4O2. The molecule has 2 N–H and O–H groups in total. The van der Waals surface area contributed by atoms with E-state index in [-0.39, 0.29) is 11.7 Å². The zero-order valence-electron chi connectivity index (χ0n) is 15.6. The normalized spacial score (nSPS) is 12.5. The van der Waals surface area contributed by atoms with Crippen LogP contribution in [0.2, 0.25) is 0 Å². The minimum Gasteiger partial charge on any atom is -0.359 e. The molecule has 0 spiro atoms. The van der Waals surface area contributed by atoms with Crippen molar-refractivity contribution in [1.29, 1.82) is 0 Å². The number of nitrogens with zero attached hydrogens (tertiary/aromatic N) is 2. The van der Waals surface area contributed by atoms with E-state index in [0.29, 0.717) is 23.0 Å². The lowest BCUT2D eigenvalue weighted by atomic mass is 9.94. The van der Waals surface area contributed by atoms with E-state index in [1.807, 2.05) is 67.6 Å². The highest BCUT2D eigenvalue weighted by Crippen LogP contribution is 2.26. The number of aliphatic imine (C=N–C) groups is 1. The summed E-state index contributed by atoms with van der Waals surface area (Å²) in [5, 5.41) is 10.1. The second-order valence-electron chi connectivity index (χ2n) is 6.11. The van der Waals surface area contributed by atoms with Crippen molar-refractivity contribution < 1.29 is 9.32 Å². The van der Waals surface area contributed by atoms with Gasteiger partial charge >= 0.3 is 0 Å². The van der Waals surface area contributed by atoms with Crippen molar-refractivity contribution >= 4 is 17.6 Å². The van der Waals surface area contributed by atoms with Crippen LogP contribution in [0.3, 0.4) is 0 Å². The van der Waals surface area contributed by atoms with Gasteiger partial charge in [0.2, 0.25) is 5.88 Å². The van der Waals surface area contributed by atoms with Crippen LogP contribution in [-0.2, 0) is 0 Å². The molecule has 6 nitrogen and oxygen atoms in total. The van der Waals surface area contributed by atoms with Crippen LogP contribution in [0.5, 0.6) is 0 Å². The highest BCUT2D eigenvalue weighted by Gasteiger charge is 2.17. The first-order chi connectivity index (χ1) is 13.1. The third kappa shape index (κ3) is 4.23. The number of ketones is 1. The van der Waals surface area contributed by atoms with Gasteiger partial charge in [0.15, 0.2) is 11.7 Å². The highest BCUT2D eigenvalue weighted by molar-refractivity contribution is 6.09. The maximum Gasteiger partial charge on any atom is 0.231 e. The van der Waals surface area contributed by atoms with Gasteiger partial charge in [-0.1, -0.05) is 60.6 Å². The van der Waals surface area contributed by atoms with E-state index in [0.717, 1.165) is 11.3 Å². The summed E-state index contributed by atoms with van der Waals surface area (Å²) < 4.78 is 5.34. The van der Waals surface area contributed by atoms with Crippen LogP contribution in [0.25, 0.3) is 0 Å². The minimum atomic E-state index is -0.0237. The van der Waals surface area contributed by atoms with Gasteiger partial charge in [0.05, 0.1) is 5.69 Å². The van der Waals surface area contributed by atoms with Gasteiger partial charge in [0.1, 0.15) is 0 Å². The topological polar surface area (TPSA) is 79.5 Å². The van der Waals surface area contributed by atoms with E-state index in [4.69, 9.17) is 4.52 Å². The van der Waals surface area contributed by atoms with Crippen LogP contribution >= 0.6 is 0 Å². The Morgan fingerprint density at radius 2 is 1.81 bits per heavy atom. The van der Waals surface area contributed by atoms with Gasteiger partial charge in [0, 0.05) is 37.2 Å². The number of hydrogen-bond acceptors (Lipinski definition) is 4. The van der Waals surface area contributed by atoms with Crippen molar-refractivity contribution in [2.75, 3.05) is 19.4 Å². The van der Waals surface area contributed by atoms with Crippen molar-refractivity contribution in [2.24, 2.45) is 4.99 Å². The van der Waals surface area contributed by atoms with Gasteiger partial charge in [0.25, 0.3) is 0 Å². The Labute approximate surface area is 158 Å². The number of nitrogens with one attached hydrogen (secondary N) is 2. The number of rotatable bonds is 5. The van der Waals surface area contributed by atoms with E-state index in [1.165, 1.54) is 0 Å². The maximum absolute atomic E-state index is 12.7. The number of anilines is 1. The molecule has 0 amide bonds. The molecule has 2 aromatic carbocycles. The quantitative estimate of drug-likeness (QED) is 0.411. The Balaban J connectivity index is 1.81. The summed E-state index contributed by atoms with van der Waals surface area (Å²) in [6.07, 6.45) is 0. The molecule has 0 saturated carbocycles. The molecule has 0 saturated heterocycles. The first-order valence-corrected chi connectivity index (χ1v) is 8.70. The maximum atomic E-state index is 12.7. The predicted molar refractivity (Wildman–Crippen MR) is 106 cm³/mol. The summed E-state index contributed by atoms with van der Waals surface area (Å²) in [5.41, 5.74) is 3.10. The van der Waals surface area contributed by atoms with E-state index >= 15 is 0 Å². The van der Waals surface area contributed by atoms with Crippen LogP contribution in [0.4, 0.5) is 5.88 Å². The molecule has 3 rings (SSSR count). The smallest absolute Gasteiger partial charge is 0.231 e. The summed E-state index contributed by atoms with van der Waals surface area (Å²) in [5.74, 6) is 1.07.